The van der Waals surface area contributed by atoms with Crippen LogP contribution in [0.1, 0.15) is 71.8 Å². The van der Waals surface area contributed by atoms with E-state index in [1.165, 1.54) is 6.42 Å². The molecule has 0 saturated heterocycles. The highest BCUT2D eigenvalue weighted by molar-refractivity contribution is 5.92. The van der Waals surface area contributed by atoms with Crippen molar-refractivity contribution in [1.82, 2.24) is 5.32 Å². The molecule has 2 rings (SSSR count). The zero-order valence-electron chi connectivity index (χ0n) is 16.0. The lowest BCUT2D eigenvalue weighted by Crippen LogP contribution is -2.48. The minimum atomic E-state index is -0.428. The van der Waals surface area contributed by atoms with E-state index in [0.717, 1.165) is 43.4 Å². The van der Waals surface area contributed by atoms with Crippen molar-refractivity contribution < 1.29 is 9.59 Å². The summed E-state index contributed by atoms with van der Waals surface area (Å²) >= 11 is 0. The molecule has 0 spiro atoms. The first-order valence-corrected chi connectivity index (χ1v) is 9.61. The maximum Gasteiger partial charge on any atom is 0.230 e. The highest BCUT2D eigenvalue weighted by Crippen LogP contribution is 2.40. The Bertz CT molecular complexity index is 586. The summed E-state index contributed by atoms with van der Waals surface area (Å²) < 4.78 is 0. The van der Waals surface area contributed by atoms with Gasteiger partial charge in [0, 0.05) is 17.6 Å². The van der Waals surface area contributed by atoms with Gasteiger partial charge in [-0.15, -0.1) is 0 Å². The van der Waals surface area contributed by atoms with Gasteiger partial charge in [-0.3, -0.25) is 9.59 Å². The first kappa shape index (κ1) is 19.5. The summed E-state index contributed by atoms with van der Waals surface area (Å²) in [6.07, 6.45) is 6.09. The van der Waals surface area contributed by atoms with E-state index in [1.54, 1.807) is 0 Å². The van der Waals surface area contributed by atoms with Gasteiger partial charge in [-0.1, -0.05) is 52.2 Å². The predicted octanol–water partition coefficient (Wildman–Crippen LogP) is 4.40. The van der Waals surface area contributed by atoms with Gasteiger partial charge in [0.15, 0.2) is 0 Å². The van der Waals surface area contributed by atoms with Crippen LogP contribution in [0.15, 0.2) is 24.3 Å². The van der Waals surface area contributed by atoms with Gasteiger partial charge >= 0.3 is 0 Å². The summed E-state index contributed by atoms with van der Waals surface area (Å²) in [4.78, 5) is 24.9. The lowest BCUT2D eigenvalue weighted by Gasteiger charge is -2.37. The fraction of sp³-hybridized carbons (Fsp3) is 0.619. The Hall–Kier alpha value is -1.84. The zero-order valence-corrected chi connectivity index (χ0v) is 16.0. The molecule has 1 aliphatic rings. The standard InChI is InChI=1S/C21H32N2O2/c1-5-16(4)22-20(25)21(13-7-6-8-14-21)17-9-11-18(12-10-17)23-19(24)15(2)3/h9-12,15-16H,5-8,13-14H2,1-4H3,(H,22,25)(H,23,24)/t16-/m0/s1. The summed E-state index contributed by atoms with van der Waals surface area (Å²) in [7, 11) is 0. The van der Waals surface area contributed by atoms with Gasteiger partial charge in [0.25, 0.3) is 0 Å². The van der Waals surface area contributed by atoms with Crippen molar-refractivity contribution in [3.8, 4) is 0 Å². The second kappa shape index (κ2) is 8.50. The number of carbonyl (C=O) groups is 2. The van der Waals surface area contributed by atoms with Crippen molar-refractivity contribution in [2.75, 3.05) is 5.32 Å². The maximum atomic E-state index is 13.1. The number of nitrogens with one attached hydrogen (secondary N) is 2. The summed E-state index contributed by atoms with van der Waals surface area (Å²) in [5, 5.41) is 6.11. The van der Waals surface area contributed by atoms with Crippen LogP contribution >= 0.6 is 0 Å². The molecule has 0 aromatic heterocycles. The number of hydrogen-bond donors (Lipinski definition) is 2. The van der Waals surface area contributed by atoms with Gasteiger partial charge in [0.2, 0.25) is 11.8 Å². The van der Waals surface area contributed by atoms with Gasteiger partial charge in [-0.25, -0.2) is 0 Å². The molecule has 0 aliphatic heterocycles. The van der Waals surface area contributed by atoms with E-state index >= 15 is 0 Å². The second-order valence-electron chi connectivity index (χ2n) is 7.65. The number of anilines is 1. The van der Waals surface area contributed by atoms with Crippen molar-refractivity contribution in [3.63, 3.8) is 0 Å². The van der Waals surface area contributed by atoms with Crippen LogP contribution in [0.2, 0.25) is 0 Å². The van der Waals surface area contributed by atoms with Gasteiger partial charge in [0.05, 0.1) is 5.41 Å². The topological polar surface area (TPSA) is 58.2 Å². The van der Waals surface area contributed by atoms with Crippen molar-refractivity contribution in [2.45, 2.75) is 77.7 Å². The lowest BCUT2D eigenvalue weighted by molar-refractivity contribution is -0.128. The maximum absolute atomic E-state index is 13.1. The smallest absolute Gasteiger partial charge is 0.230 e. The fourth-order valence-electron chi connectivity index (χ4n) is 3.43. The van der Waals surface area contributed by atoms with Crippen LogP contribution in [0.4, 0.5) is 5.69 Å². The minimum Gasteiger partial charge on any atom is -0.353 e. The summed E-state index contributed by atoms with van der Waals surface area (Å²) in [6, 6.07) is 8.05. The Morgan fingerprint density at radius 2 is 1.64 bits per heavy atom. The van der Waals surface area contributed by atoms with Gasteiger partial charge in [-0.2, -0.15) is 0 Å². The third-order valence-electron chi connectivity index (χ3n) is 5.36. The van der Waals surface area contributed by atoms with Crippen molar-refractivity contribution in [1.29, 1.82) is 0 Å². The Labute approximate surface area is 151 Å². The van der Waals surface area contributed by atoms with E-state index in [2.05, 4.69) is 24.5 Å². The average molecular weight is 344 g/mol. The normalized spacial score (nSPS) is 17.8. The van der Waals surface area contributed by atoms with Crippen molar-refractivity contribution in [3.05, 3.63) is 29.8 Å². The van der Waals surface area contributed by atoms with Crippen LogP contribution in [0.3, 0.4) is 0 Å². The monoisotopic (exact) mass is 344 g/mol. The highest BCUT2D eigenvalue weighted by Gasteiger charge is 2.41. The average Bonchev–Trinajstić information content (AvgIpc) is 2.62. The van der Waals surface area contributed by atoms with Crippen LogP contribution in [0.5, 0.6) is 0 Å². The van der Waals surface area contributed by atoms with E-state index in [1.807, 2.05) is 38.1 Å². The molecule has 4 heteroatoms. The molecule has 0 unspecified atom stereocenters. The molecule has 138 valence electrons. The van der Waals surface area contributed by atoms with E-state index in [4.69, 9.17) is 0 Å². The third-order valence-corrected chi connectivity index (χ3v) is 5.36. The van der Waals surface area contributed by atoms with Crippen LogP contribution < -0.4 is 10.6 Å². The van der Waals surface area contributed by atoms with Crippen molar-refractivity contribution >= 4 is 17.5 Å². The molecule has 0 heterocycles. The summed E-state index contributed by atoms with van der Waals surface area (Å²) in [5.74, 6) is 0.112. The quantitative estimate of drug-likeness (QED) is 0.803. The number of carbonyl (C=O) groups excluding carboxylic acids is 2. The molecule has 1 aromatic rings. The molecule has 1 fully saturated rings. The molecule has 0 radical (unpaired) electrons. The zero-order chi connectivity index (χ0) is 18.4. The Morgan fingerprint density at radius 1 is 1.04 bits per heavy atom. The predicted molar refractivity (Wildman–Crippen MR) is 103 cm³/mol. The van der Waals surface area contributed by atoms with Gasteiger partial charge in [0.1, 0.15) is 0 Å². The lowest BCUT2D eigenvalue weighted by atomic mass is 9.68. The van der Waals surface area contributed by atoms with E-state index in [9.17, 15) is 9.59 Å². The molecule has 1 saturated carbocycles. The largest absolute Gasteiger partial charge is 0.353 e. The number of benzene rings is 1. The number of rotatable bonds is 6. The summed E-state index contributed by atoms with van der Waals surface area (Å²) in [5.41, 5.74) is 1.42. The molecular formula is C21H32N2O2. The van der Waals surface area contributed by atoms with Crippen LogP contribution in [-0.4, -0.2) is 17.9 Å². The Kier molecular flexibility index (Phi) is 6.63. The van der Waals surface area contributed by atoms with Crippen LogP contribution in [0, 0.1) is 5.92 Å². The summed E-state index contributed by atoms with van der Waals surface area (Å²) in [6.45, 7) is 7.89. The Morgan fingerprint density at radius 3 is 2.16 bits per heavy atom. The Balaban J connectivity index is 2.23. The molecule has 1 atom stereocenters. The highest BCUT2D eigenvalue weighted by atomic mass is 16.2. The molecule has 1 aliphatic carbocycles. The minimum absolute atomic E-state index is 0.00893. The molecule has 2 N–H and O–H groups in total. The van der Waals surface area contributed by atoms with E-state index in [0.29, 0.717) is 0 Å². The molecule has 4 nitrogen and oxygen atoms in total. The first-order chi connectivity index (χ1) is 11.9. The molecule has 0 bridgehead atoms. The number of hydrogen-bond acceptors (Lipinski definition) is 2. The molecule has 2 amide bonds. The van der Waals surface area contributed by atoms with Gasteiger partial charge < -0.3 is 10.6 Å². The van der Waals surface area contributed by atoms with Gasteiger partial charge in [-0.05, 0) is 43.9 Å². The molecular weight excluding hydrogens is 312 g/mol. The van der Waals surface area contributed by atoms with E-state index in [-0.39, 0.29) is 23.8 Å². The SMILES string of the molecule is CC[C@H](C)NC(=O)C1(c2ccc(NC(=O)C(C)C)cc2)CCCCC1. The van der Waals surface area contributed by atoms with Crippen molar-refractivity contribution in [2.24, 2.45) is 5.92 Å². The molecule has 25 heavy (non-hydrogen) atoms. The third kappa shape index (κ3) is 4.62. The number of amides is 2. The first-order valence-electron chi connectivity index (χ1n) is 9.61. The van der Waals surface area contributed by atoms with E-state index < -0.39 is 5.41 Å². The molecule has 1 aromatic carbocycles. The van der Waals surface area contributed by atoms with Crippen LogP contribution in [0.25, 0.3) is 0 Å². The second-order valence-corrected chi connectivity index (χ2v) is 7.65. The fourth-order valence-corrected chi connectivity index (χ4v) is 3.43. The van der Waals surface area contributed by atoms with Crippen LogP contribution in [-0.2, 0) is 15.0 Å².